The van der Waals surface area contributed by atoms with Gasteiger partial charge in [-0.3, -0.25) is 4.79 Å². The third-order valence-electron chi connectivity index (χ3n) is 2.83. The van der Waals surface area contributed by atoms with Crippen LogP contribution in [-0.2, 0) is 4.79 Å². The van der Waals surface area contributed by atoms with Gasteiger partial charge in [-0.15, -0.1) is 11.3 Å². The van der Waals surface area contributed by atoms with Gasteiger partial charge in [-0.25, -0.2) is 9.97 Å². The standard InChI is InChI=1S/C13H18N4OS/c1-4-5-14-13(18)9(3)17-12-11-10(15-7-16-12)8(2)6-19-11/h6-7,9H,4-5H2,1-3H3,(H,14,18)(H,15,16,17). The molecule has 6 heteroatoms. The molecule has 0 saturated heterocycles. The summed E-state index contributed by atoms with van der Waals surface area (Å²) in [6.45, 7) is 6.58. The van der Waals surface area contributed by atoms with E-state index in [4.69, 9.17) is 0 Å². The Morgan fingerprint density at radius 3 is 3.00 bits per heavy atom. The number of aromatic nitrogens is 2. The Morgan fingerprint density at radius 2 is 2.26 bits per heavy atom. The molecule has 1 unspecified atom stereocenters. The molecule has 2 aromatic rings. The predicted octanol–water partition coefficient (Wildman–Crippen LogP) is 2.33. The Bertz CT molecular complexity index is 581. The van der Waals surface area contributed by atoms with Crippen LogP contribution in [0.15, 0.2) is 11.7 Å². The van der Waals surface area contributed by atoms with E-state index in [1.54, 1.807) is 11.3 Å². The maximum absolute atomic E-state index is 11.8. The first-order valence-corrected chi connectivity index (χ1v) is 7.24. The van der Waals surface area contributed by atoms with Crippen LogP contribution < -0.4 is 10.6 Å². The number of hydrogen-bond acceptors (Lipinski definition) is 5. The molecule has 0 radical (unpaired) electrons. The molecule has 2 aromatic heterocycles. The number of carbonyl (C=O) groups is 1. The highest BCUT2D eigenvalue weighted by atomic mass is 32.1. The third kappa shape index (κ3) is 3.01. The van der Waals surface area contributed by atoms with E-state index in [1.165, 1.54) is 6.33 Å². The molecule has 2 heterocycles. The number of hydrogen-bond donors (Lipinski definition) is 2. The first kappa shape index (κ1) is 13.7. The van der Waals surface area contributed by atoms with Crippen LogP contribution in [0.2, 0.25) is 0 Å². The summed E-state index contributed by atoms with van der Waals surface area (Å²) in [6, 6.07) is -0.313. The molecular formula is C13H18N4OS. The summed E-state index contributed by atoms with van der Waals surface area (Å²) >= 11 is 1.59. The van der Waals surface area contributed by atoms with E-state index in [0.717, 1.165) is 28.0 Å². The normalized spacial score (nSPS) is 12.4. The molecule has 0 aliphatic carbocycles. The second kappa shape index (κ2) is 5.97. The maximum atomic E-state index is 11.8. The van der Waals surface area contributed by atoms with Crippen molar-refractivity contribution in [2.75, 3.05) is 11.9 Å². The van der Waals surface area contributed by atoms with Crippen molar-refractivity contribution < 1.29 is 4.79 Å². The Kier molecular flexibility index (Phi) is 4.31. The largest absolute Gasteiger partial charge is 0.357 e. The molecule has 0 aliphatic rings. The van der Waals surface area contributed by atoms with Gasteiger partial charge in [-0.2, -0.15) is 0 Å². The summed E-state index contributed by atoms with van der Waals surface area (Å²) in [5, 5.41) is 8.07. The molecule has 1 atom stereocenters. The maximum Gasteiger partial charge on any atom is 0.242 e. The van der Waals surface area contributed by atoms with Crippen molar-refractivity contribution in [2.45, 2.75) is 33.2 Å². The SMILES string of the molecule is CCCNC(=O)C(C)Nc1ncnc2c(C)csc12. The topological polar surface area (TPSA) is 66.9 Å². The molecule has 0 fully saturated rings. The average molecular weight is 278 g/mol. The molecule has 0 spiro atoms. The number of thiophene rings is 1. The lowest BCUT2D eigenvalue weighted by atomic mass is 10.3. The summed E-state index contributed by atoms with van der Waals surface area (Å²) in [5.74, 6) is 0.712. The smallest absolute Gasteiger partial charge is 0.242 e. The van der Waals surface area contributed by atoms with Crippen molar-refractivity contribution in [1.29, 1.82) is 0 Å². The fourth-order valence-electron chi connectivity index (χ4n) is 1.74. The van der Waals surface area contributed by atoms with E-state index in [2.05, 4.69) is 20.6 Å². The van der Waals surface area contributed by atoms with E-state index in [0.29, 0.717) is 6.54 Å². The first-order chi connectivity index (χ1) is 9.13. The summed E-state index contributed by atoms with van der Waals surface area (Å²) in [4.78, 5) is 20.3. The summed E-state index contributed by atoms with van der Waals surface area (Å²) in [5.41, 5.74) is 2.08. The zero-order chi connectivity index (χ0) is 13.8. The Hall–Kier alpha value is -1.69. The van der Waals surface area contributed by atoms with Gasteiger partial charge in [-0.1, -0.05) is 6.92 Å². The number of nitrogens with zero attached hydrogens (tertiary/aromatic N) is 2. The Morgan fingerprint density at radius 1 is 1.47 bits per heavy atom. The highest BCUT2D eigenvalue weighted by molar-refractivity contribution is 7.18. The van der Waals surface area contributed by atoms with Gasteiger partial charge >= 0.3 is 0 Å². The highest BCUT2D eigenvalue weighted by Crippen LogP contribution is 2.28. The molecule has 1 amide bonds. The third-order valence-corrected chi connectivity index (χ3v) is 3.92. The molecular weight excluding hydrogens is 260 g/mol. The van der Waals surface area contributed by atoms with Crippen LogP contribution in [0.3, 0.4) is 0 Å². The quantitative estimate of drug-likeness (QED) is 0.881. The molecule has 0 bridgehead atoms. The van der Waals surface area contributed by atoms with Crippen LogP contribution in [0.1, 0.15) is 25.8 Å². The van der Waals surface area contributed by atoms with E-state index in [1.807, 2.05) is 26.2 Å². The van der Waals surface area contributed by atoms with Crippen LogP contribution in [0, 0.1) is 6.92 Å². The number of nitrogens with one attached hydrogen (secondary N) is 2. The number of aryl methyl sites for hydroxylation is 1. The van der Waals surface area contributed by atoms with Crippen molar-refractivity contribution in [3.8, 4) is 0 Å². The lowest BCUT2D eigenvalue weighted by Crippen LogP contribution is -2.38. The van der Waals surface area contributed by atoms with Crippen molar-refractivity contribution in [3.63, 3.8) is 0 Å². The molecule has 2 rings (SSSR count). The summed E-state index contributed by atoms with van der Waals surface area (Å²) < 4.78 is 0.996. The van der Waals surface area contributed by atoms with Gasteiger partial charge in [0.05, 0.1) is 10.2 Å². The molecule has 102 valence electrons. The minimum Gasteiger partial charge on any atom is -0.357 e. The molecule has 19 heavy (non-hydrogen) atoms. The van der Waals surface area contributed by atoms with E-state index >= 15 is 0 Å². The first-order valence-electron chi connectivity index (χ1n) is 6.36. The van der Waals surface area contributed by atoms with Crippen LogP contribution in [0.5, 0.6) is 0 Å². The van der Waals surface area contributed by atoms with E-state index in [-0.39, 0.29) is 11.9 Å². The van der Waals surface area contributed by atoms with Crippen molar-refractivity contribution in [1.82, 2.24) is 15.3 Å². The van der Waals surface area contributed by atoms with E-state index < -0.39 is 0 Å². The van der Waals surface area contributed by atoms with Crippen molar-refractivity contribution in [2.24, 2.45) is 0 Å². The molecule has 0 aliphatic heterocycles. The van der Waals surface area contributed by atoms with Gasteiger partial charge in [0.2, 0.25) is 5.91 Å². The van der Waals surface area contributed by atoms with Gasteiger partial charge < -0.3 is 10.6 Å². The minimum atomic E-state index is -0.313. The zero-order valence-electron chi connectivity index (χ0n) is 11.4. The fourth-order valence-corrected chi connectivity index (χ4v) is 2.70. The number of amides is 1. The number of fused-ring (bicyclic) bond motifs is 1. The lowest BCUT2D eigenvalue weighted by molar-refractivity contribution is -0.121. The zero-order valence-corrected chi connectivity index (χ0v) is 12.2. The minimum absolute atomic E-state index is 0.0121. The van der Waals surface area contributed by atoms with Crippen LogP contribution in [0.4, 0.5) is 5.82 Å². The second-order valence-electron chi connectivity index (χ2n) is 4.48. The average Bonchev–Trinajstić information content (AvgIpc) is 2.79. The van der Waals surface area contributed by atoms with Crippen LogP contribution >= 0.6 is 11.3 Å². The summed E-state index contributed by atoms with van der Waals surface area (Å²) in [6.07, 6.45) is 2.46. The van der Waals surface area contributed by atoms with Gasteiger partial charge in [-0.05, 0) is 31.2 Å². The molecule has 0 saturated carbocycles. The van der Waals surface area contributed by atoms with Crippen LogP contribution in [-0.4, -0.2) is 28.5 Å². The number of anilines is 1. The van der Waals surface area contributed by atoms with E-state index in [9.17, 15) is 4.79 Å². The van der Waals surface area contributed by atoms with Gasteiger partial charge in [0.1, 0.15) is 18.2 Å². The molecule has 5 nitrogen and oxygen atoms in total. The predicted molar refractivity (Wildman–Crippen MR) is 78.5 cm³/mol. The van der Waals surface area contributed by atoms with Crippen molar-refractivity contribution in [3.05, 3.63) is 17.3 Å². The van der Waals surface area contributed by atoms with Gasteiger partial charge in [0.25, 0.3) is 0 Å². The second-order valence-corrected chi connectivity index (χ2v) is 5.36. The highest BCUT2D eigenvalue weighted by Gasteiger charge is 2.15. The lowest BCUT2D eigenvalue weighted by Gasteiger charge is -2.14. The van der Waals surface area contributed by atoms with Crippen LogP contribution in [0.25, 0.3) is 10.2 Å². The van der Waals surface area contributed by atoms with Crippen molar-refractivity contribution >= 4 is 33.3 Å². The van der Waals surface area contributed by atoms with Gasteiger partial charge in [0, 0.05) is 6.54 Å². The Balaban J connectivity index is 2.15. The number of rotatable bonds is 5. The van der Waals surface area contributed by atoms with Gasteiger partial charge in [0.15, 0.2) is 0 Å². The molecule has 2 N–H and O–H groups in total. The summed E-state index contributed by atoms with van der Waals surface area (Å²) in [7, 11) is 0. The monoisotopic (exact) mass is 278 g/mol. The number of carbonyl (C=O) groups excluding carboxylic acids is 1. The fraction of sp³-hybridized carbons (Fsp3) is 0.462. The molecule has 0 aromatic carbocycles. The Labute approximate surface area is 116 Å².